The predicted octanol–water partition coefficient (Wildman–Crippen LogP) is 3.24. The lowest BCUT2D eigenvalue weighted by atomic mass is 9.72. The summed E-state index contributed by atoms with van der Waals surface area (Å²) in [6, 6.07) is 6.43. The fourth-order valence-corrected chi connectivity index (χ4v) is 4.19. The van der Waals surface area contributed by atoms with Gasteiger partial charge in [0.25, 0.3) is 0 Å². The van der Waals surface area contributed by atoms with E-state index in [1.807, 2.05) is 0 Å². The Labute approximate surface area is 126 Å². The number of piperidine rings is 1. The van der Waals surface area contributed by atoms with Crippen LogP contribution in [0.3, 0.4) is 0 Å². The van der Waals surface area contributed by atoms with Gasteiger partial charge in [0.1, 0.15) is 0 Å². The fourth-order valence-electron chi connectivity index (χ4n) is 4.19. The molecule has 3 nitrogen and oxygen atoms in total. The molecule has 1 aromatic carbocycles. The highest BCUT2D eigenvalue weighted by atomic mass is 16.2. The first-order valence-corrected chi connectivity index (χ1v) is 7.96. The van der Waals surface area contributed by atoms with E-state index in [0.717, 1.165) is 18.4 Å². The quantitative estimate of drug-likeness (QED) is 0.848. The van der Waals surface area contributed by atoms with Gasteiger partial charge in [-0.3, -0.25) is 14.9 Å². The van der Waals surface area contributed by atoms with Gasteiger partial charge in [-0.05, 0) is 38.2 Å². The lowest BCUT2D eigenvalue weighted by Crippen LogP contribution is -2.47. The van der Waals surface area contributed by atoms with Gasteiger partial charge in [-0.2, -0.15) is 0 Å². The smallest absolute Gasteiger partial charge is 0.230 e. The topological polar surface area (TPSA) is 46.2 Å². The number of carbonyl (C=O) groups is 2. The van der Waals surface area contributed by atoms with E-state index in [0.29, 0.717) is 12.3 Å². The number of hydrogen-bond acceptors (Lipinski definition) is 2. The van der Waals surface area contributed by atoms with Gasteiger partial charge in [0.2, 0.25) is 11.8 Å². The van der Waals surface area contributed by atoms with Crippen molar-refractivity contribution in [1.29, 1.82) is 0 Å². The third-order valence-electron chi connectivity index (χ3n) is 4.98. The maximum Gasteiger partial charge on any atom is 0.230 e. The molecule has 0 aromatic heterocycles. The van der Waals surface area contributed by atoms with Crippen LogP contribution in [0.2, 0.25) is 0 Å². The Hall–Kier alpha value is -1.64. The lowest BCUT2D eigenvalue weighted by Gasteiger charge is -2.34. The largest absolute Gasteiger partial charge is 0.296 e. The van der Waals surface area contributed by atoms with E-state index in [2.05, 4.69) is 37.4 Å². The normalized spacial score (nSPS) is 27.0. The molecule has 0 bridgehead atoms. The van der Waals surface area contributed by atoms with Crippen LogP contribution in [0.15, 0.2) is 18.2 Å². The minimum atomic E-state index is -0.126. The molecule has 112 valence electrons. The Balaban J connectivity index is 1.97. The molecule has 3 rings (SSSR count). The van der Waals surface area contributed by atoms with Gasteiger partial charge in [-0.1, -0.05) is 42.2 Å². The SMILES string of the molecule is Cc1cc(C)cc(C2CC(=O)NC(=O)C2C2CCCC2)c1. The summed E-state index contributed by atoms with van der Waals surface area (Å²) in [7, 11) is 0. The van der Waals surface area contributed by atoms with E-state index in [1.54, 1.807) is 0 Å². The summed E-state index contributed by atoms with van der Waals surface area (Å²) in [6.45, 7) is 4.15. The number of imide groups is 1. The molecule has 1 heterocycles. The number of amides is 2. The second-order valence-corrected chi connectivity index (χ2v) is 6.71. The minimum absolute atomic E-state index is 0.0357. The van der Waals surface area contributed by atoms with Gasteiger partial charge in [0.15, 0.2) is 0 Å². The number of nitrogens with one attached hydrogen (secondary N) is 1. The number of aryl methyl sites for hydroxylation is 2. The average Bonchev–Trinajstić information content (AvgIpc) is 2.90. The second-order valence-electron chi connectivity index (χ2n) is 6.71. The highest BCUT2D eigenvalue weighted by molar-refractivity contribution is 6.00. The van der Waals surface area contributed by atoms with Crippen molar-refractivity contribution in [3.63, 3.8) is 0 Å². The Morgan fingerprint density at radius 2 is 1.62 bits per heavy atom. The first-order valence-electron chi connectivity index (χ1n) is 7.96. The molecule has 3 heteroatoms. The molecule has 2 amide bonds. The van der Waals surface area contributed by atoms with Crippen LogP contribution in [-0.4, -0.2) is 11.8 Å². The van der Waals surface area contributed by atoms with Gasteiger partial charge in [0, 0.05) is 18.3 Å². The number of hydrogen-bond donors (Lipinski definition) is 1. The number of carbonyl (C=O) groups excluding carboxylic acids is 2. The summed E-state index contributed by atoms with van der Waals surface area (Å²) in [5, 5.41) is 2.56. The van der Waals surface area contributed by atoms with Crippen LogP contribution < -0.4 is 5.32 Å². The average molecular weight is 285 g/mol. The minimum Gasteiger partial charge on any atom is -0.296 e. The van der Waals surface area contributed by atoms with E-state index in [1.165, 1.54) is 24.0 Å². The molecule has 1 saturated carbocycles. The molecule has 1 saturated heterocycles. The molecular formula is C18H23NO2. The van der Waals surface area contributed by atoms with E-state index in [4.69, 9.17) is 0 Å². The molecule has 21 heavy (non-hydrogen) atoms. The van der Waals surface area contributed by atoms with E-state index in [-0.39, 0.29) is 23.7 Å². The zero-order chi connectivity index (χ0) is 15.0. The molecule has 0 spiro atoms. The monoisotopic (exact) mass is 285 g/mol. The molecule has 2 aliphatic rings. The Morgan fingerprint density at radius 3 is 2.24 bits per heavy atom. The Bertz CT molecular complexity index is 552. The third-order valence-corrected chi connectivity index (χ3v) is 4.98. The summed E-state index contributed by atoms with van der Waals surface area (Å²) in [6.07, 6.45) is 5.10. The van der Waals surface area contributed by atoms with Crippen molar-refractivity contribution >= 4 is 11.8 Å². The molecule has 2 fully saturated rings. The van der Waals surface area contributed by atoms with Crippen molar-refractivity contribution in [3.8, 4) is 0 Å². The first kappa shape index (κ1) is 14.3. The summed E-state index contributed by atoms with van der Waals surface area (Å²) < 4.78 is 0. The molecule has 2 unspecified atom stereocenters. The molecule has 2 atom stereocenters. The Kier molecular flexibility index (Phi) is 3.83. The predicted molar refractivity (Wildman–Crippen MR) is 81.9 cm³/mol. The molecule has 0 radical (unpaired) electrons. The van der Waals surface area contributed by atoms with Crippen molar-refractivity contribution < 1.29 is 9.59 Å². The third kappa shape index (κ3) is 2.87. The molecule has 1 N–H and O–H groups in total. The van der Waals surface area contributed by atoms with Crippen LogP contribution in [0.1, 0.15) is 54.7 Å². The van der Waals surface area contributed by atoms with Crippen LogP contribution in [-0.2, 0) is 9.59 Å². The Morgan fingerprint density at radius 1 is 1.00 bits per heavy atom. The van der Waals surface area contributed by atoms with Gasteiger partial charge in [0.05, 0.1) is 0 Å². The zero-order valence-corrected chi connectivity index (χ0v) is 12.8. The maximum absolute atomic E-state index is 12.4. The van der Waals surface area contributed by atoms with E-state index in [9.17, 15) is 9.59 Å². The van der Waals surface area contributed by atoms with Crippen molar-refractivity contribution in [3.05, 3.63) is 34.9 Å². The van der Waals surface area contributed by atoms with Gasteiger partial charge in [-0.15, -0.1) is 0 Å². The van der Waals surface area contributed by atoms with Crippen molar-refractivity contribution in [2.75, 3.05) is 0 Å². The lowest BCUT2D eigenvalue weighted by molar-refractivity contribution is -0.138. The standard InChI is InChI=1S/C18H23NO2/c1-11-7-12(2)9-14(8-11)15-10-16(20)19-18(21)17(15)13-5-3-4-6-13/h7-9,13,15,17H,3-6,10H2,1-2H3,(H,19,20,21). The van der Waals surface area contributed by atoms with Gasteiger partial charge >= 0.3 is 0 Å². The van der Waals surface area contributed by atoms with Gasteiger partial charge < -0.3 is 0 Å². The van der Waals surface area contributed by atoms with E-state index < -0.39 is 0 Å². The summed E-state index contributed by atoms with van der Waals surface area (Å²) in [5.41, 5.74) is 3.56. The van der Waals surface area contributed by atoms with Gasteiger partial charge in [-0.25, -0.2) is 0 Å². The molecule has 1 aromatic rings. The number of rotatable bonds is 2. The zero-order valence-electron chi connectivity index (χ0n) is 12.8. The van der Waals surface area contributed by atoms with Crippen LogP contribution in [0.5, 0.6) is 0 Å². The van der Waals surface area contributed by atoms with Crippen molar-refractivity contribution in [2.24, 2.45) is 11.8 Å². The summed E-state index contributed by atoms with van der Waals surface area (Å²) in [4.78, 5) is 24.3. The van der Waals surface area contributed by atoms with Crippen LogP contribution in [0.4, 0.5) is 0 Å². The van der Waals surface area contributed by atoms with Crippen LogP contribution >= 0.6 is 0 Å². The van der Waals surface area contributed by atoms with Crippen LogP contribution in [0.25, 0.3) is 0 Å². The van der Waals surface area contributed by atoms with E-state index >= 15 is 0 Å². The summed E-state index contributed by atoms with van der Waals surface area (Å²) in [5.74, 6) is 0.268. The molecule has 1 aliphatic carbocycles. The highest BCUT2D eigenvalue weighted by Gasteiger charge is 2.42. The molecule has 1 aliphatic heterocycles. The van der Waals surface area contributed by atoms with Crippen LogP contribution in [0, 0.1) is 25.7 Å². The van der Waals surface area contributed by atoms with Crippen molar-refractivity contribution in [1.82, 2.24) is 5.32 Å². The number of benzene rings is 1. The van der Waals surface area contributed by atoms with Crippen molar-refractivity contribution in [2.45, 2.75) is 51.9 Å². The highest BCUT2D eigenvalue weighted by Crippen LogP contribution is 2.43. The molecular weight excluding hydrogens is 262 g/mol. The summed E-state index contributed by atoms with van der Waals surface area (Å²) >= 11 is 0. The first-order chi connectivity index (χ1) is 10.0. The second kappa shape index (κ2) is 5.63. The fraction of sp³-hybridized carbons (Fsp3) is 0.556. The maximum atomic E-state index is 12.4.